The Kier molecular flexibility index (Phi) is 8.02. The molecule has 0 unspecified atom stereocenters. The Morgan fingerprint density at radius 3 is 2.29 bits per heavy atom. The Hall–Kier alpha value is -2.91. The van der Waals surface area contributed by atoms with E-state index >= 15 is 0 Å². The zero-order valence-electron chi connectivity index (χ0n) is 16.5. The smallest absolute Gasteiger partial charge is 0.419 e. The Balaban J connectivity index is 0.000000478. The molecule has 4 rings (SSSR count). The molecular formula is C22H22F3N3O2S. The topological polar surface area (TPSA) is 66.4 Å². The van der Waals surface area contributed by atoms with E-state index < -0.39 is 17.5 Å². The Labute approximate surface area is 182 Å². The third-order valence-electron chi connectivity index (χ3n) is 4.24. The number of aromatic hydroxyl groups is 1. The number of phenolic OH excluding ortho intramolecular Hbond substituents is 1. The molecule has 164 valence electrons. The van der Waals surface area contributed by atoms with Gasteiger partial charge in [-0.2, -0.15) is 13.2 Å². The van der Waals surface area contributed by atoms with Gasteiger partial charge in [0.15, 0.2) is 0 Å². The first kappa shape index (κ1) is 22.8. The van der Waals surface area contributed by atoms with Crippen LogP contribution in [-0.4, -0.2) is 23.2 Å². The molecule has 0 bridgehead atoms. The predicted octanol–water partition coefficient (Wildman–Crippen LogP) is 6.09. The summed E-state index contributed by atoms with van der Waals surface area (Å²) in [5.41, 5.74) is -0.707. The summed E-state index contributed by atoms with van der Waals surface area (Å²) in [7, 11) is 0. The highest BCUT2D eigenvalue weighted by atomic mass is 32.2. The second-order valence-electron chi connectivity index (χ2n) is 6.65. The monoisotopic (exact) mass is 449 g/mol. The van der Waals surface area contributed by atoms with Gasteiger partial charge in [0, 0.05) is 22.8 Å². The first-order chi connectivity index (χ1) is 14.9. The van der Waals surface area contributed by atoms with Gasteiger partial charge in [0.2, 0.25) is 0 Å². The fourth-order valence-corrected chi connectivity index (χ4v) is 3.33. The van der Waals surface area contributed by atoms with Crippen LogP contribution in [0.1, 0.15) is 18.4 Å². The summed E-state index contributed by atoms with van der Waals surface area (Å²) >= 11 is 1.20. The highest BCUT2D eigenvalue weighted by Gasteiger charge is 2.33. The van der Waals surface area contributed by atoms with Gasteiger partial charge < -0.3 is 19.9 Å². The molecule has 0 aliphatic carbocycles. The van der Waals surface area contributed by atoms with E-state index in [2.05, 4.69) is 15.0 Å². The van der Waals surface area contributed by atoms with Crippen molar-refractivity contribution in [3.05, 3.63) is 72.6 Å². The molecule has 1 saturated heterocycles. The largest absolute Gasteiger partial charge is 0.507 e. The molecule has 1 fully saturated rings. The van der Waals surface area contributed by atoms with Crippen LogP contribution >= 0.6 is 11.9 Å². The zero-order valence-corrected chi connectivity index (χ0v) is 17.3. The van der Waals surface area contributed by atoms with E-state index in [9.17, 15) is 18.3 Å². The SMILES string of the molecule is C1CCNC1.Oc1cc(NSc2ccc(Oc3cccnc3)cc2)ccc1C(F)(F)F. The van der Waals surface area contributed by atoms with Gasteiger partial charge >= 0.3 is 6.18 Å². The average Bonchev–Trinajstić information content (AvgIpc) is 3.33. The summed E-state index contributed by atoms with van der Waals surface area (Å²) in [5, 5.41) is 12.7. The summed E-state index contributed by atoms with van der Waals surface area (Å²) < 4.78 is 46.4. The van der Waals surface area contributed by atoms with Gasteiger partial charge in [0.1, 0.15) is 17.2 Å². The lowest BCUT2D eigenvalue weighted by Crippen LogP contribution is -2.05. The maximum atomic E-state index is 12.6. The van der Waals surface area contributed by atoms with Crippen LogP contribution in [0.5, 0.6) is 17.2 Å². The van der Waals surface area contributed by atoms with Crippen molar-refractivity contribution in [2.24, 2.45) is 0 Å². The molecule has 0 radical (unpaired) electrons. The Morgan fingerprint density at radius 1 is 1.00 bits per heavy atom. The van der Waals surface area contributed by atoms with Gasteiger partial charge in [-0.05, 0) is 86.4 Å². The number of aromatic nitrogens is 1. The quantitative estimate of drug-likeness (QED) is 0.410. The fourth-order valence-electron chi connectivity index (χ4n) is 2.70. The molecule has 1 aromatic heterocycles. The second kappa shape index (κ2) is 10.9. The van der Waals surface area contributed by atoms with Crippen LogP contribution in [0.4, 0.5) is 18.9 Å². The number of pyridine rings is 1. The van der Waals surface area contributed by atoms with Gasteiger partial charge in [0.25, 0.3) is 0 Å². The summed E-state index contributed by atoms with van der Waals surface area (Å²) in [6.45, 7) is 2.50. The third kappa shape index (κ3) is 7.37. The number of phenols is 1. The summed E-state index contributed by atoms with van der Waals surface area (Å²) in [4.78, 5) is 4.78. The van der Waals surface area contributed by atoms with Crippen LogP contribution in [-0.2, 0) is 6.18 Å². The number of nitrogens with zero attached hydrogens (tertiary/aromatic N) is 1. The number of ether oxygens (including phenoxy) is 1. The predicted molar refractivity (Wildman–Crippen MR) is 115 cm³/mol. The molecule has 0 saturated carbocycles. The van der Waals surface area contributed by atoms with Gasteiger partial charge in [-0.25, -0.2) is 0 Å². The number of hydrogen-bond donors (Lipinski definition) is 3. The molecule has 0 atom stereocenters. The summed E-state index contributed by atoms with van der Waals surface area (Å²) in [5.74, 6) is 0.434. The molecule has 9 heteroatoms. The van der Waals surface area contributed by atoms with E-state index in [1.807, 2.05) is 0 Å². The lowest BCUT2D eigenvalue weighted by Gasteiger charge is -2.11. The summed E-state index contributed by atoms with van der Waals surface area (Å²) in [6.07, 6.45) is 1.44. The normalized spacial score (nSPS) is 13.3. The van der Waals surface area contributed by atoms with E-state index in [4.69, 9.17) is 4.74 Å². The molecule has 3 aromatic rings. The lowest BCUT2D eigenvalue weighted by molar-refractivity contribution is -0.138. The second-order valence-corrected chi connectivity index (χ2v) is 7.53. The minimum absolute atomic E-state index is 0.358. The molecule has 2 heterocycles. The molecule has 5 nitrogen and oxygen atoms in total. The highest BCUT2D eigenvalue weighted by molar-refractivity contribution is 8.00. The molecular weight excluding hydrogens is 427 g/mol. The third-order valence-corrected chi connectivity index (χ3v) is 5.09. The maximum absolute atomic E-state index is 12.6. The van der Waals surface area contributed by atoms with Crippen LogP contribution in [0.25, 0.3) is 0 Å². The molecule has 1 aliphatic rings. The van der Waals surface area contributed by atoms with Crippen LogP contribution in [0, 0.1) is 0 Å². The van der Waals surface area contributed by atoms with Crippen molar-refractivity contribution in [1.29, 1.82) is 0 Å². The number of rotatable bonds is 5. The molecule has 3 N–H and O–H groups in total. The van der Waals surface area contributed by atoms with Crippen molar-refractivity contribution in [2.75, 3.05) is 17.8 Å². The molecule has 1 aliphatic heterocycles. The highest BCUT2D eigenvalue weighted by Crippen LogP contribution is 2.37. The number of nitrogens with one attached hydrogen (secondary N) is 2. The number of hydrogen-bond acceptors (Lipinski definition) is 6. The van der Waals surface area contributed by atoms with E-state index in [1.54, 1.807) is 48.8 Å². The number of benzene rings is 2. The minimum Gasteiger partial charge on any atom is -0.507 e. The molecule has 31 heavy (non-hydrogen) atoms. The maximum Gasteiger partial charge on any atom is 0.419 e. The molecule has 0 amide bonds. The van der Waals surface area contributed by atoms with Gasteiger partial charge in [-0.3, -0.25) is 4.98 Å². The van der Waals surface area contributed by atoms with Crippen molar-refractivity contribution >= 4 is 17.6 Å². The van der Waals surface area contributed by atoms with Crippen molar-refractivity contribution in [1.82, 2.24) is 10.3 Å². The van der Waals surface area contributed by atoms with Gasteiger partial charge in [-0.15, -0.1) is 0 Å². The van der Waals surface area contributed by atoms with Crippen molar-refractivity contribution in [2.45, 2.75) is 23.9 Å². The van der Waals surface area contributed by atoms with E-state index in [1.165, 1.54) is 43.9 Å². The van der Waals surface area contributed by atoms with Gasteiger partial charge in [-0.1, -0.05) is 0 Å². The van der Waals surface area contributed by atoms with Crippen LogP contribution in [0.15, 0.2) is 71.9 Å². The van der Waals surface area contributed by atoms with Crippen molar-refractivity contribution in [3.63, 3.8) is 0 Å². The fraction of sp³-hybridized carbons (Fsp3) is 0.227. The average molecular weight is 449 g/mol. The van der Waals surface area contributed by atoms with E-state index in [-0.39, 0.29) is 0 Å². The van der Waals surface area contributed by atoms with Crippen LogP contribution < -0.4 is 14.8 Å². The van der Waals surface area contributed by atoms with Crippen LogP contribution in [0.3, 0.4) is 0 Å². The Bertz CT molecular complexity index is 943. The minimum atomic E-state index is -4.58. The molecule has 2 aromatic carbocycles. The first-order valence-corrected chi connectivity index (χ1v) is 10.5. The number of anilines is 1. The molecule has 0 spiro atoms. The van der Waals surface area contributed by atoms with Crippen molar-refractivity contribution < 1.29 is 23.0 Å². The summed E-state index contributed by atoms with van der Waals surface area (Å²) in [6, 6.07) is 13.8. The Morgan fingerprint density at radius 2 is 1.74 bits per heavy atom. The first-order valence-electron chi connectivity index (χ1n) is 9.63. The van der Waals surface area contributed by atoms with Crippen LogP contribution in [0.2, 0.25) is 0 Å². The number of halogens is 3. The van der Waals surface area contributed by atoms with Crippen molar-refractivity contribution in [3.8, 4) is 17.2 Å². The van der Waals surface area contributed by atoms with E-state index in [0.29, 0.717) is 17.2 Å². The van der Waals surface area contributed by atoms with E-state index in [0.717, 1.165) is 17.0 Å². The zero-order chi connectivity index (χ0) is 22.1. The van der Waals surface area contributed by atoms with Gasteiger partial charge in [0.05, 0.1) is 11.8 Å². The standard InChI is InChI=1S/C18H13F3N2O2S.C4H9N/c19-18(20,21)16-8-3-12(10-17(16)24)23-26-15-6-4-13(5-7-15)25-14-2-1-9-22-11-14;1-2-4-5-3-1/h1-11,23-24H;5H,1-4H2. The lowest BCUT2D eigenvalue weighted by atomic mass is 10.2. The number of alkyl halides is 3.